The molecule has 0 aromatic heterocycles. The summed E-state index contributed by atoms with van der Waals surface area (Å²) in [5, 5.41) is 24.0. The van der Waals surface area contributed by atoms with Crippen LogP contribution in [0.2, 0.25) is 0 Å². The molecule has 0 radical (unpaired) electrons. The zero-order valence-electron chi connectivity index (χ0n) is 12.2. The van der Waals surface area contributed by atoms with Crippen LogP contribution in [0.4, 0.5) is 11.4 Å². The van der Waals surface area contributed by atoms with Gasteiger partial charge in [-0.2, -0.15) is 0 Å². The van der Waals surface area contributed by atoms with Crippen LogP contribution in [-0.4, -0.2) is 47.8 Å². The maximum absolute atomic E-state index is 11.1. The van der Waals surface area contributed by atoms with E-state index < -0.39 is 27.2 Å². The monoisotopic (exact) mass is 367 g/mol. The number of alkyl halides is 2. The molecule has 128 valence electrons. The molecule has 0 fully saturated rings. The molecule has 1 aromatic carbocycles. The molecule has 9 nitrogen and oxygen atoms in total. The number of non-ortho nitro benzene ring substituents is 1. The number of hydrogen-bond acceptors (Lipinski definition) is 7. The minimum atomic E-state index is -0.915. The molecule has 1 aromatic rings. The normalized spacial score (nSPS) is 9.52. The molecule has 0 spiro atoms. The number of nitrogens with zero attached hydrogens (tertiary/aromatic N) is 2. The number of esters is 1. The van der Waals surface area contributed by atoms with Gasteiger partial charge < -0.3 is 10.1 Å². The Morgan fingerprint density at radius 1 is 1.17 bits per heavy atom. The van der Waals surface area contributed by atoms with E-state index in [1.165, 1.54) is 0 Å². The Bertz CT molecular complexity index is 552. The van der Waals surface area contributed by atoms with E-state index in [-0.39, 0.29) is 5.56 Å². The van der Waals surface area contributed by atoms with Crippen molar-refractivity contribution in [2.45, 2.75) is 0 Å². The average Bonchev–Trinajstić information content (AvgIpc) is 2.54. The standard InChI is InChI=1S/C8H6N2O6.C4H9Cl2N/c1-16-8(11)6-3-2-5(9(12)13)4-7(6)10(14)15;5-1-3-7-4-2-6/h2-4H,1H3;7H,1-4H2. The zero-order valence-corrected chi connectivity index (χ0v) is 13.7. The lowest BCUT2D eigenvalue weighted by Crippen LogP contribution is -2.18. The second-order valence-corrected chi connectivity index (χ2v) is 4.59. The summed E-state index contributed by atoms with van der Waals surface area (Å²) in [6.07, 6.45) is 0. The summed E-state index contributed by atoms with van der Waals surface area (Å²) < 4.78 is 4.31. The highest BCUT2D eigenvalue weighted by Crippen LogP contribution is 2.24. The summed E-state index contributed by atoms with van der Waals surface area (Å²) in [4.78, 5) is 30.4. The Kier molecular flexibility index (Phi) is 10.6. The van der Waals surface area contributed by atoms with Crippen LogP contribution < -0.4 is 5.32 Å². The number of nitrogens with one attached hydrogen (secondary N) is 1. The van der Waals surface area contributed by atoms with Crippen LogP contribution in [-0.2, 0) is 4.74 Å². The third kappa shape index (κ3) is 7.73. The molecule has 23 heavy (non-hydrogen) atoms. The molecule has 0 saturated heterocycles. The van der Waals surface area contributed by atoms with Gasteiger partial charge in [-0.05, 0) is 6.07 Å². The lowest BCUT2D eigenvalue weighted by Gasteiger charge is -2.00. The fourth-order valence-electron chi connectivity index (χ4n) is 1.33. The summed E-state index contributed by atoms with van der Waals surface area (Å²) >= 11 is 10.7. The van der Waals surface area contributed by atoms with E-state index >= 15 is 0 Å². The molecule has 1 N–H and O–H groups in total. The van der Waals surface area contributed by atoms with Crippen LogP contribution >= 0.6 is 23.2 Å². The number of methoxy groups -OCH3 is 1. The fraction of sp³-hybridized carbons (Fsp3) is 0.417. The van der Waals surface area contributed by atoms with E-state index in [2.05, 4.69) is 10.1 Å². The number of carbonyl (C=O) groups is 1. The van der Waals surface area contributed by atoms with Crippen LogP contribution in [0.1, 0.15) is 10.4 Å². The topological polar surface area (TPSA) is 125 Å². The summed E-state index contributed by atoms with van der Waals surface area (Å²) in [5.74, 6) is 0.412. The summed E-state index contributed by atoms with van der Waals surface area (Å²) in [7, 11) is 1.06. The Hall–Kier alpha value is -1.97. The van der Waals surface area contributed by atoms with E-state index in [4.69, 9.17) is 23.2 Å². The number of halogens is 2. The minimum Gasteiger partial charge on any atom is -0.465 e. The lowest BCUT2D eigenvalue weighted by atomic mass is 10.1. The van der Waals surface area contributed by atoms with Gasteiger partial charge in [0.15, 0.2) is 0 Å². The smallest absolute Gasteiger partial charge is 0.344 e. The average molecular weight is 368 g/mol. The predicted octanol–water partition coefficient (Wildman–Crippen LogP) is 2.34. The molecule has 0 aliphatic heterocycles. The van der Waals surface area contributed by atoms with Crippen molar-refractivity contribution in [2.24, 2.45) is 0 Å². The van der Waals surface area contributed by atoms with Gasteiger partial charge in [-0.15, -0.1) is 23.2 Å². The van der Waals surface area contributed by atoms with Gasteiger partial charge in [0.05, 0.1) is 23.0 Å². The molecule has 0 saturated carbocycles. The summed E-state index contributed by atoms with van der Waals surface area (Å²) in [6.45, 7) is 1.71. The third-order valence-electron chi connectivity index (χ3n) is 2.34. The Morgan fingerprint density at radius 3 is 2.13 bits per heavy atom. The Balaban J connectivity index is 0.000000585. The van der Waals surface area contributed by atoms with Crippen molar-refractivity contribution in [1.82, 2.24) is 5.32 Å². The molecule has 1 rings (SSSR count). The number of benzene rings is 1. The predicted molar refractivity (Wildman–Crippen MR) is 85.4 cm³/mol. The van der Waals surface area contributed by atoms with Crippen LogP contribution in [0.5, 0.6) is 0 Å². The molecule has 11 heteroatoms. The van der Waals surface area contributed by atoms with Gasteiger partial charge in [0.1, 0.15) is 5.56 Å². The van der Waals surface area contributed by atoms with Crippen molar-refractivity contribution >= 4 is 40.5 Å². The van der Waals surface area contributed by atoms with Gasteiger partial charge in [-0.1, -0.05) is 0 Å². The zero-order chi connectivity index (χ0) is 17.8. The van der Waals surface area contributed by atoms with Crippen LogP contribution in [0.25, 0.3) is 0 Å². The van der Waals surface area contributed by atoms with Gasteiger partial charge in [0.2, 0.25) is 0 Å². The van der Waals surface area contributed by atoms with Crippen molar-refractivity contribution in [3.05, 3.63) is 44.0 Å². The quantitative estimate of drug-likeness (QED) is 0.257. The highest BCUT2D eigenvalue weighted by Gasteiger charge is 2.24. The first-order valence-corrected chi connectivity index (χ1v) is 7.29. The molecule has 0 bridgehead atoms. The van der Waals surface area contributed by atoms with E-state index in [0.29, 0.717) is 17.8 Å². The number of nitro benzene ring substituents is 2. The van der Waals surface area contributed by atoms with E-state index in [1.807, 2.05) is 0 Å². The second kappa shape index (κ2) is 11.6. The van der Waals surface area contributed by atoms with Crippen molar-refractivity contribution < 1.29 is 19.4 Å². The number of ether oxygens (including phenoxy) is 1. The first-order chi connectivity index (χ1) is 10.9. The highest BCUT2D eigenvalue weighted by atomic mass is 35.5. The maximum atomic E-state index is 11.1. The molecular formula is C12H15Cl2N3O6. The first kappa shape index (κ1) is 21.0. The maximum Gasteiger partial charge on any atom is 0.344 e. The van der Waals surface area contributed by atoms with Gasteiger partial charge >= 0.3 is 5.97 Å². The second-order valence-electron chi connectivity index (χ2n) is 3.84. The fourth-order valence-corrected chi connectivity index (χ4v) is 1.59. The molecule has 0 heterocycles. The van der Waals surface area contributed by atoms with Crippen LogP contribution in [0, 0.1) is 20.2 Å². The van der Waals surface area contributed by atoms with Crippen molar-refractivity contribution in [3.8, 4) is 0 Å². The minimum absolute atomic E-state index is 0.321. The lowest BCUT2D eigenvalue weighted by molar-refractivity contribution is -0.394. The highest BCUT2D eigenvalue weighted by molar-refractivity contribution is 6.18. The van der Waals surface area contributed by atoms with Crippen molar-refractivity contribution in [3.63, 3.8) is 0 Å². The largest absolute Gasteiger partial charge is 0.465 e. The van der Waals surface area contributed by atoms with E-state index in [9.17, 15) is 25.0 Å². The van der Waals surface area contributed by atoms with E-state index in [1.54, 1.807) is 0 Å². The Labute approximate surface area is 141 Å². The number of carbonyl (C=O) groups excluding carboxylic acids is 1. The van der Waals surface area contributed by atoms with Gasteiger partial charge in [-0.3, -0.25) is 20.2 Å². The molecule has 0 aliphatic carbocycles. The summed E-state index contributed by atoms with van der Waals surface area (Å²) in [6, 6.07) is 2.70. The molecule has 0 atom stereocenters. The number of rotatable bonds is 7. The van der Waals surface area contributed by atoms with E-state index in [0.717, 1.165) is 32.3 Å². The SMILES string of the molecule is COC(=O)c1ccc([N+](=O)[O-])cc1[N+](=O)[O-].ClCCNCCCl. The first-order valence-electron chi connectivity index (χ1n) is 6.22. The van der Waals surface area contributed by atoms with Crippen molar-refractivity contribution in [1.29, 1.82) is 0 Å². The third-order valence-corrected chi connectivity index (χ3v) is 2.71. The number of hydrogen-bond donors (Lipinski definition) is 1. The van der Waals surface area contributed by atoms with Crippen LogP contribution in [0.3, 0.4) is 0 Å². The van der Waals surface area contributed by atoms with Gasteiger partial charge in [0, 0.05) is 30.9 Å². The van der Waals surface area contributed by atoms with Crippen molar-refractivity contribution in [2.75, 3.05) is 32.0 Å². The Morgan fingerprint density at radius 2 is 1.74 bits per heavy atom. The van der Waals surface area contributed by atoms with Gasteiger partial charge in [0.25, 0.3) is 11.4 Å². The summed E-state index contributed by atoms with van der Waals surface area (Å²) in [5.41, 5.74) is -1.43. The molecule has 0 unspecified atom stereocenters. The molecule has 0 aliphatic rings. The molecule has 0 amide bonds. The van der Waals surface area contributed by atoms with Gasteiger partial charge in [-0.25, -0.2) is 4.79 Å². The van der Waals surface area contributed by atoms with Crippen LogP contribution in [0.15, 0.2) is 18.2 Å². The number of nitro groups is 2. The molecular weight excluding hydrogens is 353 g/mol.